The van der Waals surface area contributed by atoms with Crippen molar-refractivity contribution >= 4 is 45.7 Å². The van der Waals surface area contributed by atoms with E-state index in [1.54, 1.807) is 18.2 Å². The van der Waals surface area contributed by atoms with E-state index in [1.165, 1.54) is 57.8 Å². The fourth-order valence-corrected chi connectivity index (χ4v) is 6.36. The third-order valence-electron chi connectivity index (χ3n) is 6.53. The number of hydrogen-bond acceptors (Lipinski definition) is 9. The first-order valence-electron chi connectivity index (χ1n) is 13.3. The first kappa shape index (κ1) is 29.3. The highest BCUT2D eigenvalue weighted by Crippen LogP contribution is 2.45. The first-order valence-corrected chi connectivity index (χ1v) is 15.1. The van der Waals surface area contributed by atoms with Crippen LogP contribution in [-0.2, 0) is 15.3 Å². The second-order valence-electron chi connectivity index (χ2n) is 9.37. The maximum absolute atomic E-state index is 13.6. The zero-order chi connectivity index (χ0) is 29.8. The Labute approximate surface area is 250 Å². The highest BCUT2D eigenvalue weighted by molar-refractivity contribution is 8.00. The maximum Gasteiger partial charge on any atom is 0.301 e. The van der Waals surface area contributed by atoms with Gasteiger partial charge in [0, 0.05) is 11.3 Å². The van der Waals surface area contributed by atoms with Gasteiger partial charge in [0.2, 0.25) is 5.13 Å². The minimum atomic E-state index is -1.05. The predicted octanol–water partition coefficient (Wildman–Crippen LogP) is 6.70. The number of rotatable bonds is 10. The number of aliphatic hydroxyl groups excluding tert-OH is 1. The molecule has 2 heterocycles. The van der Waals surface area contributed by atoms with Gasteiger partial charge in [-0.3, -0.25) is 14.5 Å². The molecule has 1 aliphatic rings. The summed E-state index contributed by atoms with van der Waals surface area (Å²) in [5, 5.41) is 20.0. The van der Waals surface area contributed by atoms with Gasteiger partial charge in [-0.25, -0.2) is 4.39 Å². The fraction of sp³-hybridized carbons (Fsp3) is 0.226. The Morgan fingerprint density at radius 3 is 2.36 bits per heavy atom. The number of ether oxygens (including phenoxy) is 2. The summed E-state index contributed by atoms with van der Waals surface area (Å²) in [6.07, 6.45) is 0. The molecular formula is C31H28FN3O5S2. The van der Waals surface area contributed by atoms with Crippen molar-refractivity contribution in [1.82, 2.24) is 10.2 Å². The van der Waals surface area contributed by atoms with E-state index in [0.717, 1.165) is 5.56 Å². The quantitative estimate of drug-likeness (QED) is 0.0701. The predicted molar refractivity (Wildman–Crippen MR) is 161 cm³/mol. The summed E-state index contributed by atoms with van der Waals surface area (Å²) in [6, 6.07) is 17.3. The molecule has 0 bridgehead atoms. The van der Waals surface area contributed by atoms with Gasteiger partial charge in [-0.15, -0.1) is 10.2 Å². The number of amides is 1. The van der Waals surface area contributed by atoms with E-state index >= 15 is 0 Å². The Balaban J connectivity index is 1.57. The Morgan fingerprint density at radius 2 is 1.67 bits per heavy atom. The largest absolute Gasteiger partial charge is 0.507 e. The molecule has 1 aromatic heterocycles. The van der Waals surface area contributed by atoms with Crippen molar-refractivity contribution < 1.29 is 28.6 Å². The van der Waals surface area contributed by atoms with E-state index in [0.29, 0.717) is 40.4 Å². The van der Waals surface area contributed by atoms with Crippen molar-refractivity contribution in [2.24, 2.45) is 0 Å². The van der Waals surface area contributed by atoms with Crippen molar-refractivity contribution in [3.05, 3.63) is 100 Å². The molecule has 11 heteroatoms. The van der Waals surface area contributed by atoms with Gasteiger partial charge in [-0.05, 0) is 68.3 Å². The molecule has 1 saturated heterocycles. The van der Waals surface area contributed by atoms with Crippen LogP contribution < -0.4 is 14.4 Å². The van der Waals surface area contributed by atoms with Gasteiger partial charge in [0.05, 0.1) is 24.8 Å². The van der Waals surface area contributed by atoms with Crippen molar-refractivity contribution in [3.63, 3.8) is 0 Å². The summed E-state index contributed by atoms with van der Waals surface area (Å²) in [5.74, 6) is -1.09. The number of ketones is 1. The Bertz CT molecular complexity index is 1640. The summed E-state index contributed by atoms with van der Waals surface area (Å²) in [5.41, 5.74) is 2.82. The molecule has 8 nitrogen and oxygen atoms in total. The lowest BCUT2D eigenvalue weighted by Crippen LogP contribution is -2.29. The van der Waals surface area contributed by atoms with Crippen LogP contribution in [0.25, 0.3) is 5.76 Å². The molecule has 0 spiro atoms. The smallest absolute Gasteiger partial charge is 0.301 e. The van der Waals surface area contributed by atoms with Gasteiger partial charge in [-0.1, -0.05) is 59.0 Å². The summed E-state index contributed by atoms with van der Waals surface area (Å²) in [4.78, 5) is 28.3. The van der Waals surface area contributed by atoms with Crippen molar-refractivity contribution in [1.29, 1.82) is 0 Å². The Kier molecular flexibility index (Phi) is 8.89. The fourth-order valence-electron chi connectivity index (χ4n) is 4.53. The number of Topliss-reactive ketones (excluding diaryl/α,β-unsaturated/α-hetero) is 1. The van der Waals surface area contributed by atoms with Crippen molar-refractivity contribution in [2.75, 3.05) is 18.1 Å². The van der Waals surface area contributed by atoms with Gasteiger partial charge in [0.25, 0.3) is 5.78 Å². The lowest BCUT2D eigenvalue weighted by Gasteiger charge is -2.23. The molecule has 0 radical (unpaired) electrons. The van der Waals surface area contributed by atoms with Crippen LogP contribution in [0.5, 0.6) is 11.5 Å². The lowest BCUT2D eigenvalue weighted by molar-refractivity contribution is -0.132. The number of aromatic nitrogens is 2. The normalized spacial score (nSPS) is 16.2. The van der Waals surface area contributed by atoms with Gasteiger partial charge < -0.3 is 14.6 Å². The first-order chi connectivity index (χ1) is 20.3. The van der Waals surface area contributed by atoms with E-state index in [-0.39, 0.29) is 16.3 Å². The zero-order valence-electron chi connectivity index (χ0n) is 23.2. The SMILES string of the molecule is CCOc1ccc(C2/C(=C(\O)c3ccc(F)cc3)C(=O)C(=O)N2c2nnc(SCc3ccc(C)cc3)s2)cc1OCC. The van der Waals surface area contributed by atoms with E-state index < -0.39 is 29.3 Å². The molecular weight excluding hydrogens is 577 g/mol. The molecule has 216 valence electrons. The number of hydrogen-bond donors (Lipinski definition) is 1. The molecule has 1 amide bonds. The molecule has 1 atom stereocenters. The number of carbonyl (C=O) groups is 2. The number of thioether (sulfide) groups is 1. The molecule has 1 unspecified atom stereocenters. The number of anilines is 1. The average Bonchev–Trinajstić information content (AvgIpc) is 3.56. The number of aryl methyl sites for hydroxylation is 1. The third-order valence-corrected chi connectivity index (χ3v) is 8.66. The molecule has 42 heavy (non-hydrogen) atoms. The molecule has 1 N–H and O–H groups in total. The van der Waals surface area contributed by atoms with Gasteiger partial charge in [-0.2, -0.15) is 0 Å². The number of benzene rings is 3. The van der Waals surface area contributed by atoms with Gasteiger partial charge in [0.1, 0.15) is 11.6 Å². The minimum absolute atomic E-state index is 0.151. The minimum Gasteiger partial charge on any atom is -0.507 e. The highest BCUT2D eigenvalue weighted by Gasteiger charge is 2.48. The Morgan fingerprint density at radius 1 is 0.976 bits per heavy atom. The topological polar surface area (TPSA) is 102 Å². The van der Waals surface area contributed by atoms with Crippen LogP contribution in [-0.4, -0.2) is 40.2 Å². The van der Waals surface area contributed by atoms with Crippen LogP contribution in [0.1, 0.15) is 42.1 Å². The van der Waals surface area contributed by atoms with Crippen LogP contribution in [0.3, 0.4) is 0 Å². The molecule has 0 saturated carbocycles. The summed E-state index contributed by atoms with van der Waals surface area (Å²) in [7, 11) is 0. The molecule has 1 aliphatic heterocycles. The van der Waals surface area contributed by atoms with Gasteiger partial charge in [0.15, 0.2) is 15.8 Å². The number of carbonyl (C=O) groups excluding carboxylic acids is 2. The third kappa shape index (κ3) is 6.02. The molecule has 4 aromatic rings. The monoisotopic (exact) mass is 605 g/mol. The van der Waals surface area contributed by atoms with Crippen LogP contribution in [0.2, 0.25) is 0 Å². The highest BCUT2D eigenvalue weighted by atomic mass is 32.2. The number of aliphatic hydroxyl groups is 1. The molecule has 1 fully saturated rings. The lowest BCUT2D eigenvalue weighted by atomic mass is 9.95. The second kappa shape index (κ2) is 12.7. The van der Waals surface area contributed by atoms with E-state index in [1.807, 2.05) is 45.0 Å². The van der Waals surface area contributed by atoms with Crippen LogP contribution >= 0.6 is 23.1 Å². The van der Waals surface area contributed by atoms with Crippen LogP contribution in [0.4, 0.5) is 9.52 Å². The van der Waals surface area contributed by atoms with E-state index in [2.05, 4.69) is 10.2 Å². The van der Waals surface area contributed by atoms with E-state index in [9.17, 15) is 19.1 Å². The van der Waals surface area contributed by atoms with Crippen LogP contribution in [0.15, 0.2) is 76.6 Å². The zero-order valence-corrected chi connectivity index (χ0v) is 24.8. The van der Waals surface area contributed by atoms with Crippen molar-refractivity contribution in [3.8, 4) is 11.5 Å². The molecule has 0 aliphatic carbocycles. The number of halogens is 1. The van der Waals surface area contributed by atoms with Crippen molar-refractivity contribution in [2.45, 2.75) is 36.9 Å². The standard InChI is InChI=1S/C31H28FN3O5S2/c1-4-39-23-15-12-21(16-24(23)40-5-2)26-25(27(36)20-10-13-22(32)14-11-20)28(37)29(38)35(26)30-33-34-31(42-30)41-17-19-8-6-18(3)7-9-19/h6-16,26,36H,4-5,17H2,1-3H3/b27-25+. The summed E-state index contributed by atoms with van der Waals surface area (Å²) in [6.45, 7) is 6.48. The number of nitrogens with zero attached hydrogens (tertiary/aromatic N) is 3. The molecule has 3 aromatic carbocycles. The summed E-state index contributed by atoms with van der Waals surface area (Å²) < 4.78 is 25.7. The van der Waals surface area contributed by atoms with Crippen LogP contribution in [0, 0.1) is 12.7 Å². The maximum atomic E-state index is 13.6. The molecule has 5 rings (SSSR count). The Hall–Kier alpha value is -4.22. The average molecular weight is 606 g/mol. The second-order valence-corrected chi connectivity index (χ2v) is 11.6. The van der Waals surface area contributed by atoms with Gasteiger partial charge >= 0.3 is 5.91 Å². The van der Waals surface area contributed by atoms with E-state index in [4.69, 9.17) is 9.47 Å². The summed E-state index contributed by atoms with van der Waals surface area (Å²) >= 11 is 2.65.